The molecule has 0 bridgehead atoms. The third-order valence-corrected chi connectivity index (χ3v) is 5.14. The van der Waals surface area contributed by atoms with E-state index < -0.39 is 0 Å². The van der Waals surface area contributed by atoms with Gasteiger partial charge < -0.3 is 10.6 Å². The fourth-order valence-electron chi connectivity index (χ4n) is 3.09. The van der Waals surface area contributed by atoms with Gasteiger partial charge in [0, 0.05) is 17.9 Å². The number of aromatic nitrogens is 1. The maximum absolute atomic E-state index is 12.5. The Morgan fingerprint density at radius 1 is 1.11 bits per heavy atom. The van der Waals surface area contributed by atoms with E-state index in [0.717, 1.165) is 22.4 Å². The molecule has 28 heavy (non-hydrogen) atoms. The molecule has 2 aromatic carbocycles. The molecule has 3 aromatic rings. The van der Waals surface area contributed by atoms with Crippen LogP contribution in [0.5, 0.6) is 0 Å². The van der Waals surface area contributed by atoms with E-state index in [2.05, 4.69) is 41.6 Å². The van der Waals surface area contributed by atoms with E-state index in [0.29, 0.717) is 5.13 Å². The number of hydrogen-bond acceptors (Lipinski definition) is 4. The summed E-state index contributed by atoms with van der Waals surface area (Å²) >= 11 is 1.39. The summed E-state index contributed by atoms with van der Waals surface area (Å²) in [5.41, 5.74) is 5.15. The topological polar surface area (TPSA) is 71.1 Å². The molecule has 2 amide bonds. The largest absolute Gasteiger partial charge is 0.349 e. The highest BCUT2D eigenvalue weighted by Gasteiger charge is 2.18. The van der Waals surface area contributed by atoms with Crippen LogP contribution in [-0.4, -0.2) is 16.8 Å². The molecule has 1 atom stereocenters. The van der Waals surface area contributed by atoms with Crippen LogP contribution < -0.4 is 10.6 Å². The second-order valence-corrected chi connectivity index (χ2v) is 7.63. The van der Waals surface area contributed by atoms with Gasteiger partial charge in [-0.25, -0.2) is 4.98 Å². The highest BCUT2D eigenvalue weighted by atomic mass is 32.1. The number of aryl methyl sites for hydroxylation is 2. The van der Waals surface area contributed by atoms with Gasteiger partial charge in [-0.3, -0.25) is 9.59 Å². The Labute approximate surface area is 168 Å². The summed E-state index contributed by atoms with van der Waals surface area (Å²) in [6.07, 6.45) is 0.141. The Hall–Kier alpha value is -2.99. The van der Waals surface area contributed by atoms with E-state index in [1.807, 2.05) is 41.8 Å². The van der Waals surface area contributed by atoms with Gasteiger partial charge >= 0.3 is 0 Å². The number of hydrogen-bond donors (Lipinski definition) is 2. The highest BCUT2D eigenvalue weighted by molar-refractivity contribution is 7.14. The van der Waals surface area contributed by atoms with E-state index in [1.54, 1.807) is 0 Å². The minimum Gasteiger partial charge on any atom is -0.349 e. The van der Waals surface area contributed by atoms with Crippen molar-refractivity contribution in [2.24, 2.45) is 0 Å². The van der Waals surface area contributed by atoms with E-state index in [4.69, 9.17) is 0 Å². The molecule has 0 fully saturated rings. The first-order chi connectivity index (χ1) is 13.4. The molecule has 0 saturated carbocycles. The second kappa shape index (κ2) is 8.80. The summed E-state index contributed by atoms with van der Waals surface area (Å²) in [5, 5.41) is 8.18. The summed E-state index contributed by atoms with van der Waals surface area (Å²) in [6.45, 7) is 5.56. The molecule has 0 aliphatic heterocycles. The molecular formula is C22H23N3O2S. The van der Waals surface area contributed by atoms with Crippen LogP contribution in [0.1, 0.15) is 36.1 Å². The van der Waals surface area contributed by atoms with Crippen LogP contribution in [0, 0.1) is 13.8 Å². The minimum atomic E-state index is -0.377. The summed E-state index contributed by atoms with van der Waals surface area (Å²) in [4.78, 5) is 28.6. The van der Waals surface area contributed by atoms with Crippen molar-refractivity contribution in [1.29, 1.82) is 0 Å². The monoisotopic (exact) mass is 393 g/mol. The zero-order chi connectivity index (χ0) is 20.1. The first kappa shape index (κ1) is 19.8. The Balaban J connectivity index is 1.70. The summed E-state index contributed by atoms with van der Waals surface area (Å²) < 4.78 is 0. The molecule has 0 saturated heterocycles. The first-order valence-electron chi connectivity index (χ1n) is 9.07. The standard InChI is InChI=1S/C22H23N3O2S/c1-14-9-10-18(15(2)11-14)20-13-28-22(24-20)25-21(27)12-19(23-16(3)26)17-7-5-4-6-8-17/h4-11,13,19H,12H2,1-3H3,(H,23,26)(H,24,25,27). The van der Waals surface area contributed by atoms with E-state index in [9.17, 15) is 9.59 Å². The lowest BCUT2D eigenvalue weighted by atomic mass is 10.0. The molecule has 1 heterocycles. The van der Waals surface area contributed by atoms with Gasteiger partial charge in [0.1, 0.15) is 0 Å². The Morgan fingerprint density at radius 3 is 2.54 bits per heavy atom. The SMILES string of the molecule is CC(=O)NC(CC(=O)Nc1nc(-c2ccc(C)cc2C)cs1)c1ccccc1. The van der Waals surface area contributed by atoms with Crippen molar-refractivity contribution in [3.8, 4) is 11.3 Å². The molecule has 0 aliphatic carbocycles. The molecular weight excluding hydrogens is 370 g/mol. The average molecular weight is 394 g/mol. The summed E-state index contributed by atoms with van der Waals surface area (Å²) in [7, 11) is 0. The zero-order valence-electron chi connectivity index (χ0n) is 16.2. The maximum Gasteiger partial charge on any atom is 0.228 e. The lowest BCUT2D eigenvalue weighted by Gasteiger charge is -2.17. The molecule has 5 nitrogen and oxygen atoms in total. The Morgan fingerprint density at radius 2 is 1.86 bits per heavy atom. The van der Waals surface area contributed by atoms with E-state index >= 15 is 0 Å². The van der Waals surface area contributed by atoms with Crippen molar-refractivity contribution in [1.82, 2.24) is 10.3 Å². The van der Waals surface area contributed by atoms with Gasteiger partial charge in [0.2, 0.25) is 11.8 Å². The number of carbonyl (C=O) groups excluding carboxylic acids is 2. The number of benzene rings is 2. The van der Waals surface area contributed by atoms with Gasteiger partial charge in [0.05, 0.1) is 18.2 Å². The molecule has 0 aliphatic rings. The quantitative estimate of drug-likeness (QED) is 0.641. The number of carbonyl (C=O) groups is 2. The zero-order valence-corrected chi connectivity index (χ0v) is 17.0. The third-order valence-electron chi connectivity index (χ3n) is 4.38. The predicted molar refractivity (Wildman–Crippen MR) is 113 cm³/mol. The van der Waals surface area contributed by atoms with Gasteiger partial charge in [-0.1, -0.05) is 54.1 Å². The van der Waals surface area contributed by atoms with Crippen LogP contribution in [0.3, 0.4) is 0 Å². The fourth-order valence-corrected chi connectivity index (χ4v) is 3.82. The lowest BCUT2D eigenvalue weighted by molar-refractivity contribution is -0.120. The van der Waals surface area contributed by atoms with Crippen molar-refractivity contribution in [2.75, 3.05) is 5.32 Å². The van der Waals surface area contributed by atoms with Crippen LogP contribution in [0.15, 0.2) is 53.9 Å². The van der Waals surface area contributed by atoms with Gasteiger partial charge in [-0.2, -0.15) is 0 Å². The van der Waals surface area contributed by atoms with Crippen LogP contribution in [0.2, 0.25) is 0 Å². The molecule has 1 aromatic heterocycles. The Bertz CT molecular complexity index is 982. The number of nitrogens with zero attached hydrogens (tertiary/aromatic N) is 1. The molecule has 144 valence electrons. The van der Waals surface area contributed by atoms with E-state index in [1.165, 1.54) is 23.8 Å². The number of thiazole rings is 1. The number of nitrogens with one attached hydrogen (secondary N) is 2. The molecule has 2 N–H and O–H groups in total. The Kier molecular flexibility index (Phi) is 6.21. The number of anilines is 1. The fraction of sp³-hybridized carbons (Fsp3) is 0.227. The molecule has 0 radical (unpaired) electrons. The summed E-state index contributed by atoms with van der Waals surface area (Å²) in [5.74, 6) is -0.364. The van der Waals surface area contributed by atoms with Gasteiger partial charge in [0.15, 0.2) is 5.13 Å². The number of rotatable bonds is 6. The van der Waals surface area contributed by atoms with Crippen LogP contribution >= 0.6 is 11.3 Å². The number of amides is 2. The first-order valence-corrected chi connectivity index (χ1v) is 9.95. The third kappa shape index (κ3) is 5.04. The second-order valence-electron chi connectivity index (χ2n) is 6.77. The van der Waals surface area contributed by atoms with Crippen LogP contribution in [-0.2, 0) is 9.59 Å². The highest BCUT2D eigenvalue weighted by Crippen LogP contribution is 2.28. The van der Waals surface area contributed by atoms with E-state index in [-0.39, 0.29) is 24.3 Å². The average Bonchev–Trinajstić information content (AvgIpc) is 3.09. The molecule has 3 rings (SSSR count). The minimum absolute atomic E-state index is 0.141. The van der Waals surface area contributed by atoms with Gasteiger partial charge in [-0.05, 0) is 25.0 Å². The predicted octanol–water partition coefficient (Wildman–Crippen LogP) is 4.63. The van der Waals surface area contributed by atoms with Gasteiger partial charge in [0.25, 0.3) is 0 Å². The van der Waals surface area contributed by atoms with Crippen molar-refractivity contribution in [3.63, 3.8) is 0 Å². The van der Waals surface area contributed by atoms with Crippen molar-refractivity contribution < 1.29 is 9.59 Å². The van der Waals surface area contributed by atoms with Crippen molar-refractivity contribution in [2.45, 2.75) is 33.2 Å². The molecule has 0 spiro atoms. The van der Waals surface area contributed by atoms with Gasteiger partial charge in [-0.15, -0.1) is 11.3 Å². The summed E-state index contributed by atoms with van der Waals surface area (Å²) in [6, 6.07) is 15.3. The smallest absolute Gasteiger partial charge is 0.228 e. The maximum atomic E-state index is 12.5. The lowest BCUT2D eigenvalue weighted by Crippen LogP contribution is -2.29. The molecule has 6 heteroatoms. The van der Waals surface area contributed by atoms with Crippen molar-refractivity contribution in [3.05, 3.63) is 70.6 Å². The normalized spacial score (nSPS) is 11.7. The molecule has 1 unspecified atom stereocenters. The van der Waals surface area contributed by atoms with Crippen molar-refractivity contribution >= 4 is 28.3 Å². The van der Waals surface area contributed by atoms with Crippen LogP contribution in [0.25, 0.3) is 11.3 Å². The van der Waals surface area contributed by atoms with Crippen LogP contribution in [0.4, 0.5) is 5.13 Å².